The number of hydrogen-bond donors (Lipinski definition) is 0. The molecular formula is C31H28N8O4. The van der Waals surface area contributed by atoms with Crippen molar-refractivity contribution in [3.63, 3.8) is 0 Å². The van der Waals surface area contributed by atoms with Crippen LogP contribution in [0.5, 0.6) is 0 Å². The van der Waals surface area contributed by atoms with Crippen LogP contribution in [0.15, 0.2) is 94.8 Å². The molecule has 0 bridgehead atoms. The number of esters is 1. The molecule has 0 saturated carbocycles. The minimum absolute atomic E-state index is 0.0823. The number of ether oxygens (including phenoxy) is 1. The van der Waals surface area contributed by atoms with Gasteiger partial charge < -0.3 is 9.30 Å². The summed E-state index contributed by atoms with van der Waals surface area (Å²) in [6, 6.07) is 24.4. The van der Waals surface area contributed by atoms with Crippen molar-refractivity contribution >= 4 is 17.1 Å². The lowest BCUT2D eigenvalue weighted by Gasteiger charge is -2.14. The van der Waals surface area contributed by atoms with Crippen molar-refractivity contribution < 1.29 is 9.53 Å². The van der Waals surface area contributed by atoms with Gasteiger partial charge in [0.15, 0.2) is 11.2 Å². The van der Waals surface area contributed by atoms with Gasteiger partial charge in [-0.3, -0.25) is 14.2 Å². The van der Waals surface area contributed by atoms with Crippen molar-refractivity contribution in [2.24, 2.45) is 0 Å². The number of carbonyl (C=O) groups excluding carboxylic acids is 1. The van der Waals surface area contributed by atoms with Crippen LogP contribution in [0, 0.1) is 0 Å². The van der Waals surface area contributed by atoms with Crippen LogP contribution in [-0.2, 0) is 22.6 Å². The third kappa shape index (κ3) is 5.03. The Balaban J connectivity index is 1.49. The Morgan fingerprint density at radius 1 is 0.907 bits per heavy atom. The molecule has 0 fully saturated rings. The first kappa shape index (κ1) is 27.5. The normalized spacial score (nSPS) is 11.3. The molecule has 0 aliphatic rings. The van der Waals surface area contributed by atoms with E-state index in [-0.39, 0.29) is 23.6 Å². The maximum absolute atomic E-state index is 14.0. The van der Waals surface area contributed by atoms with Crippen molar-refractivity contribution in [1.29, 1.82) is 0 Å². The van der Waals surface area contributed by atoms with Crippen LogP contribution in [-0.4, -0.2) is 52.0 Å². The molecule has 0 aliphatic heterocycles. The Hall–Kier alpha value is -5.65. The molecule has 216 valence electrons. The van der Waals surface area contributed by atoms with E-state index in [0.29, 0.717) is 18.1 Å². The Labute approximate surface area is 245 Å². The van der Waals surface area contributed by atoms with Crippen LogP contribution in [0.1, 0.15) is 31.2 Å². The molecule has 12 nitrogen and oxygen atoms in total. The lowest BCUT2D eigenvalue weighted by molar-refractivity contribution is -0.141. The minimum Gasteiger partial charge on any atom is -0.468 e. The average Bonchev–Trinajstić information content (AvgIpc) is 3.69. The molecule has 3 heterocycles. The molecule has 0 unspecified atom stereocenters. The molecule has 6 rings (SSSR count). The van der Waals surface area contributed by atoms with Gasteiger partial charge in [0.2, 0.25) is 0 Å². The summed E-state index contributed by atoms with van der Waals surface area (Å²) in [5, 5.41) is 11.5. The monoisotopic (exact) mass is 576 g/mol. The van der Waals surface area contributed by atoms with Gasteiger partial charge in [0.25, 0.3) is 5.56 Å². The van der Waals surface area contributed by atoms with E-state index in [2.05, 4.69) is 15.5 Å². The Morgan fingerprint density at radius 2 is 1.63 bits per heavy atom. The Kier molecular flexibility index (Phi) is 7.24. The van der Waals surface area contributed by atoms with Crippen molar-refractivity contribution in [3.8, 4) is 22.5 Å². The molecule has 6 aromatic rings. The average molecular weight is 577 g/mol. The van der Waals surface area contributed by atoms with Gasteiger partial charge in [0.1, 0.15) is 18.7 Å². The topological polar surface area (TPSA) is 132 Å². The smallest absolute Gasteiger partial charge is 0.337 e. The number of fused-ring (bicyclic) bond motifs is 1. The van der Waals surface area contributed by atoms with Gasteiger partial charge in [-0.2, -0.15) is 4.68 Å². The second kappa shape index (κ2) is 11.3. The van der Waals surface area contributed by atoms with Crippen LogP contribution in [0.25, 0.3) is 33.7 Å². The number of tetrazole rings is 1. The van der Waals surface area contributed by atoms with E-state index < -0.39 is 17.2 Å². The molecule has 0 aliphatic carbocycles. The van der Waals surface area contributed by atoms with Gasteiger partial charge in [0.05, 0.1) is 18.5 Å². The van der Waals surface area contributed by atoms with Gasteiger partial charge in [-0.15, -0.1) is 5.10 Å². The van der Waals surface area contributed by atoms with Gasteiger partial charge in [-0.25, -0.2) is 14.3 Å². The van der Waals surface area contributed by atoms with Gasteiger partial charge in [-0.05, 0) is 39.8 Å². The van der Waals surface area contributed by atoms with E-state index in [4.69, 9.17) is 9.72 Å². The summed E-state index contributed by atoms with van der Waals surface area (Å²) < 4.78 is 10.6. The number of carbonyl (C=O) groups is 1. The highest BCUT2D eigenvalue weighted by molar-refractivity contribution is 5.76. The fourth-order valence-corrected chi connectivity index (χ4v) is 5.16. The molecule has 0 saturated heterocycles. The summed E-state index contributed by atoms with van der Waals surface area (Å²) in [5.41, 5.74) is 3.25. The molecule has 0 N–H and O–H groups in total. The van der Waals surface area contributed by atoms with E-state index in [1.54, 1.807) is 41.3 Å². The van der Waals surface area contributed by atoms with E-state index in [9.17, 15) is 14.4 Å². The minimum atomic E-state index is -0.667. The quantitative estimate of drug-likeness (QED) is 0.252. The largest absolute Gasteiger partial charge is 0.468 e. The number of para-hydroxylation sites is 2. The van der Waals surface area contributed by atoms with Crippen LogP contribution < -0.4 is 11.2 Å². The standard InChI is InChI=1S/C31H28N8O4/c1-20(2)28-33-29-27(30(41)39(23-9-5-4-6-10-23)31(42)37(29)18-26(40)43-3)36(28)17-21-13-15-22(16-14-21)24-11-7-8-12-25(24)38-19-32-34-35-38/h4-16,19-20H,17-18H2,1-3H3. The predicted molar refractivity (Wildman–Crippen MR) is 159 cm³/mol. The van der Waals surface area contributed by atoms with Gasteiger partial charge in [0, 0.05) is 18.0 Å². The van der Waals surface area contributed by atoms with Crippen molar-refractivity contribution in [2.75, 3.05) is 7.11 Å². The number of aromatic nitrogens is 8. The van der Waals surface area contributed by atoms with Crippen molar-refractivity contribution in [2.45, 2.75) is 32.9 Å². The summed E-state index contributed by atoms with van der Waals surface area (Å²) in [7, 11) is 1.25. The number of hydrogen-bond acceptors (Lipinski definition) is 8. The van der Waals surface area contributed by atoms with E-state index >= 15 is 0 Å². The fourth-order valence-electron chi connectivity index (χ4n) is 5.16. The van der Waals surface area contributed by atoms with E-state index in [1.165, 1.54) is 11.7 Å². The van der Waals surface area contributed by atoms with E-state index in [0.717, 1.165) is 26.9 Å². The second-order valence-corrected chi connectivity index (χ2v) is 10.3. The maximum Gasteiger partial charge on any atom is 0.337 e. The summed E-state index contributed by atoms with van der Waals surface area (Å²) in [6.45, 7) is 3.87. The van der Waals surface area contributed by atoms with Crippen LogP contribution in [0.2, 0.25) is 0 Å². The fraction of sp³-hybridized carbons (Fsp3) is 0.194. The first-order valence-corrected chi connectivity index (χ1v) is 13.7. The molecule has 3 aromatic carbocycles. The third-order valence-electron chi connectivity index (χ3n) is 7.21. The number of imidazole rings is 1. The lowest BCUT2D eigenvalue weighted by Crippen LogP contribution is -2.40. The summed E-state index contributed by atoms with van der Waals surface area (Å²) in [5.74, 6) is -0.0926. The maximum atomic E-state index is 14.0. The third-order valence-corrected chi connectivity index (χ3v) is 7.21. The highest BCUT2D eigenvalue weighted by atomic mass is 16.5. The molecular weight excluding hydrogens is 548 g/mol. The number of nitrogens with zero attached hydrogens (tertiary/aromatic N) is 8. The first-order chi connectivity index (χ1) is 20.9. The molecule has 12 heteroatoms. The van der Waals surface area contributed by atoms with Crippen molar-refractivity contribution in [1.82, 2.24) is 38.9 Å². The SMILES string of the molecule is COC(=O)Cn1c(=O)n(-c2ccccc2)c(=O)c2c1nc(C(C)C)n2Cc1ccc(-c2ccccc2-n2cnnn2)cc1. The lowest BCUT2D eigenvalue weighted by atomic mass is 10.0. The number of rotatable bonds is 8. The Morgan fingerprint density at radius 3 is 2.30 bits per heavy atom. The van der Waals surface area contributed by atoms with Crippen LogP contribution >= 0.6 is 0 Å². The summed E-state index contributed by atoms with van der Waals surface area (Å²) >= 11 is 0. The number of benzene rings is 3. The van der Waals surface area contributed by atoms with E-state index in [1.807, 2.05) is 66.9 Å². The zero-order chi connectivity index (χ0) is 30.1. The molecule has 3 aromatic heterocycles. The molecule has 0 radical (unpaired) electrons. The first-order valence-electron chi connectivity index (χ1n) is 13.7. The highest BCUT2D eigenvalue weighted by Crippen LogP contribution is 2.27. The van der Waals surface area contributed by atoms with Gasteiger partial charge >= 0.3 is 11.7 Å². The van der Waals surface area contributed by atoms with Gasteiger partial charge in [-0.1, -0.05) is 74.5 Å². The Bertz CT molecular complexity index is 2040. The van der Waals surface area contributed by atoms with Crippen LogP contribution in [0.3, 0.4) is 0 Å². The molecule has 0 amide bonds. The predicted octanol–water partition coefficient (Wildman–Crippen LogP) is 3.34. The zero-order valence-corrected chi connectivity index (χ0v) is 23.8. The highest BCUT2D eigenvalue weighted by Gasteiger charge is 2.25. The van der Waals surface area contributed by atoms with Crippen molar-refractivity contribution in [3.05, 3.63) is 117 Å². The number of methoxy groups -OCH3 is 1. The summed E-state index contributed by atoms with van der Waals surface area (Å²) in [4.78, 5) is 44.8. The van der Waals surface area contributed by atoms with Crippen LogP contribution in [0.4, 0.5) is 0 Å². The molecule has 43 heavy (non-hydrogen) atoms. The second-order valence-electron chi connectivity index (χ2n) is 10.3. The zero-order valence-electron chi connectivity index (χ0n) is 23.8. The summed E-state index contributed by atoms with van der Waals surface area (Å²) in [6.07, 6.45) is 1.55. The molecule has 0 spiro atoms. The molecule has 0 atom stereocenters.